The molecule has 1 aromatic rings. The van der Waals surface area contributed by atoms with Gasteiger partial charge < -0.3 is 10.6 Å². The van der Waals surface area contributed by atoms with Crippen molar-refractivity contribution >= 4 is 17.2 Å². The van der Waals surface area contributed by atoms with E-state index in [1.807, 2.05) is 5.38 Å². The summed E-state index contributed by atoms with van der Waals surface area (Å²) in [6.45, 7) is 3.28. The number of hydrogen-bond donors (Lipinski definition) is 1. The van der Waals surface area contributed by atoms with E-state index in [2.05, 4.69) is 28.9 Å². The van der Waals surface area contributed by atoms with Gasteiger partial charge in [0.1, 0.15) is 10.8 Å². The van der Waals surface area contributed by atoms with Crippen LogP contribution in [0.4, 0.5) is 5.82 Å². The number of thiazole rings is 1. The van der Waals surface area contributed by atoms with Crippen molar-refractivity contribution in [2.24, 2.45) is 0 Å². The Morgan fingerprint density at radius 3 is 2.93 bits per heavy atom. The van der Waals surface area contributed by atoms with Gasteiger partial charge in [0.15, 0.2) is 0 Å². The molecule has 0 radical (unpaired) electrons. The van der Waals surface area contributed by atoms with Crippen molar-refractivity contribution in [1.82, 2.24) is 14.8 Å². The maximum Gasteiger partial charge on any atom is 0.134 e. The van der Waals surface area contributed by atoms with E-state index in [0.29, 0.717) is 11.9 Å². The van der Waals surface area contributed by atoms with Gasteiger partial charge in [-0.1, -0.05) is 0 Å². The number of nitrogens with two attached hydrogens (primary N) is 1. The minimum atomic E-state index is 0.413. The molecule has 1 aromatic heterocycles. The fourth-order valence-corrected chi connectivity index (χ4v) is 2.59. The van der Waals surface area contributed by atoms with Crippen molar-refractivity contribution in [3.8, 4) is 0 Å². The number of likely N-dealkylation sites (N-methyl/N-ethyl adjacent to an activating group) is 2. The van der Waals surface area contributed by atoms with Gasteiger partial charge in [-0.15, -0.1) is 11.3 Å². The average molecular weight is 212 g/mol. The molecule has 1 unspecified atom stereocenters. The van der Waals surface area contributed by atoms with Gasteiger partial charge in [-0.3, -0.25) is 4.90 Å². The van der Waals surface area contributed by atoms with Gasteiger partial charge in [0, 0.05) is 25.0 Å². The zero-order valence-corrected chi connectivity index (χ0v) is 9.42. The molecule has 78 valence electrons. The fourth-order valence-electron chi connectivity index (χ4n) is 1.73. The normalized spacial score (nSPS) is 25.4. The molecule has 1 atom stereocenters. The largest absolute Gasteiger partial charge is 0.383 e. The Hall–Kier alpha value is -0.650. The molecular formula is C9H16N4S. The zero-order chi connectivity index (χ0) is 10.1. The zero-order valence-electron chi connectivity index (χ0n) is 8.60. The molecular weight excluding hydrogens is 196 g/mol. The third kappa shape index (κ3) is 1.89. The van der Waals surface area contributed by atoms with Crippen molar-refractivity contribution in [2.75, 3.05) is 39.5 Å². The van der Waals surface area contributed by atoms with Gasteiger partial charge >= 0.3 is 0 Å². The van der Waals surface area contributed by atoms with Crippen LogP contribution in [0.1, 0.15) is 11.0 Å². The van der Waals surface area contributed by atoms with Crippen LogP contribution in [0.5, 0.6) is 0 Å². The molecule has 1 aliphatic heterocycles. The molecule has 0 aromatic carbocycles. The lowest BCUT2D eigenvalue weighted by Crippen LogP contribution is -2.44. The second-order valence-electron chi connectivity index (χ2n) is 3.87. The van der Waals surface area contributed by atoms with Crippen molar-refractivity contribution < 1.29 is 0 Å². The number of rotatable bonds is 1. The topological polar surface area (TPSA) is 45.4 Å². The minimum Gasteiger partial charge on any atom is -0.383 e. The Morgan fingerprint density at radius 2 is 2.29 bits per heavy atom. The van der Waals surface area contributed by atoms with E-state index in [9.17, 15) is 0 Å². The molecule has 2 heterocycles. The van der Waals surface area contributed by atoms with Crippen LogP contribution >= 0.6 is 11.3 Å². The van der Waals surface area contributed by atoms with Gasteiger partial charge in [0.05, 0.1) is 6.04 Å². The van der Waals surface area contributed by atoms with Gasteiger partial charge in [0.2, 0.25) is 0 Å². The molecule has 0 saturated carbocycles. The third-order valence-electron chi connectivity index (χ3n) is 2.68. The van der Waals surface area contributed by atoms with Gasteiger partial charge in [0.25, 0.3) is 0 Å². The van der Waals surface area contributed by atoms with E-state index in [1.165, 1.54) is 0 Å². The van der Waals surface area contributed by atoms with Crippen molar-refractivity contribution in [3.63, 3.8) is 0 Å². The van der Waals surface area contributed by atoms with E-state index >= 15 is 0 Å². The SMILES string of the molecule is CN1CCN(C)C(c2nc(N)cs2)C1. The third-order valence-corrected chi connectivity index (χ3v) is 3.64. The highest BCUT2D eigenvalue weighted by Gasteiger charge is 2.25. The molecule has 1 aliphatic rings. The molecule has 1 saturated heterocycles. The molecule has 0 aliphatic carbocycles. The van der Waals surface area contributed by atoms with Gasteiger partial charge in [-0.25, -0.2) is 4.98 Å². The van der Waals surface area contributed by atoms with E-state index in [0.717, 1.165) is 24.6 Å². The predicted molar refractivity (Wildman–Crippen MR) is 59.4 cm³/mol. The number of nitrogens with zero attached hydrogens (tertiary/aromatic N) is 3. The monoisotopic (exact) mass is 212 g/mol. The molecule has 0 bridgehead atoms. The number of hydrogen-bond acceptors (Lipinski definition) is 5. The first kappa shape index (κ1) is 9.89. The van der Waals surface area contributed by atoms with Crippen LogP contribution in [0.15, 0.2) is 5.38 Å². The summed E-state index contributed by atoms with van der Waals surface area (Å²) in [5.74, 6) is 0.645. The molecule has 5 heteroatoms. The van der Waals surface area contributed by atoms with Crippen molar-refractivity contribution in [3.05, 3.63) is 10.4 Å². The molecule has 4 nitrogen and oxygen atoms in total. The summed E-state index contributed by atoms with van der Waals surface area (Å²) in [7, 11) is 4.30. The molecule has 2 rings (SSSR count). The van der Waals surface area contributed by atoms with Gasteiger partial charge in [-0.05, 0) is 14.1 Å². The van der Waals surface area contributed by atoms with E-state index in [4.69, 9.17) is 5.73 Å². The highest BCUT2D eigenvalue weighted by atomic mass is 32.1. The van der Waals surface area contributed by atoms with Crippen LogP contribution in [-0.4, -0.2) is 48.5 Å². The van der Waals surface area contributed by atoms with Crippen molar-refractivity contribution in [2.45, 2.75) is 6.04 Å². The molecule has 2 N–H and O–H groups in total. The van der Waals surface area contributed by atoms with Crippen molar-refractivity contribution in [1.29, 1.82) is 0 Å². The second-order valence-corrected chi connectivity index (χ2v) is 4.76. The summed E-state index contributed by atoms with van der Waals surface area (Å²) in [5, 5.41) is 3.05. The Kier molecular flexibility index (Phi) is 2.71. The smallest absolute Gasteiger partial charge is 0.134 e. The summed E-state index contributed by atoms with van der Waals surface area (Å²) in [6, 6.07) is 0.413. The maximum atomic E-state index is 5.63. The second kappa shape index (κ2) is 3.84. The number of nitrogen functional groups attached to an aromatic ring is 1. The summed E-state index contributed by atoms with van der Waals surface area (Å²) in [4.78, 5) is 9.03. The fraction of sp³-hybridized carbons (Fsp3) is 0.667. The number of aromatic nitrogens is 1. The Labute approximate surface area is 88.3 Å². The first-order chi connectivity index (χ1) is 6.66. The number of piperazine rings is 1. The Balaban J connectivity index is 2.15. The lowest BCUT2D eigenvalue weighted by Gasteiger charge is -2.36. The van der Waals surface area contributed by atoms with Crippen LogP contribution in [0.25, 0.3) is 0 Å². The molecule has 0 spiro atoms. The lowest BCUT2D eigenvalue weighted by molar-refractivity contribution is 0.115. The summed E-state index contributed by atoms with van der Waals surface area (Å²) < 4.78 is 0. The summed E-state index contributed by atoms with van der Waals surface area (Å²) in [5.41, 5.74) is 5.63. The predicted octanol–water partition coefficient (Wildman–Crippen LogP) is 0.644. The van der Waals surface area contributed by atoms with Crippen LogP contribution in [0.2, 0.25) is 0 Å². The minimum absolute atomic E-state index is 0.413. The highest BCUT2D eigenvalue weighted by molar-refractivity contribution is 7.10. The highest BCUT2D eigenvalue weighted by Crippen LogP contribution is 2.26. The van der Waals surface area contributed by atoms with Crippen LogP contribution in [0.3, 0.4) is 0 Å². The summed E-state index contributed by atoms with van der Waals surface area (Å²) >= 11 is 1.66. The Bertz CT molecular complexity index is 312. The molecule has 1 fully saturated rings. The standard InChI is InChI=1S/C9H16N4S/c1-12-3-4-13(2)7(5-12)9-11-8(10)6-14-9/h6-7H,3-5,10H2,1-2H3. The van der Waals surface area contributed by atoms with E-state index in [-0.39, 0.29) is 0 Å². The first-order valence-electron chi connectivity index (χ1n) is 4.76. The maximum absolute atomic E-state index is 5.63. The lowest BCUT2D eigenvalue weighted by atomic mass is 10.2. The quantitative estimate of drug-likeness (QED) is 0.742. The van der Waals surface area contributed by atoms with E-state index in [1.54, 1.807) is 11.3 Å². The van der Waals surface area contributed by atoms with Crippen LogP contribution in [0, 0.1) is 0 Å². The van der Waals surface area contributed by atoms with Crippen LogP contribution in [-0.2, 0) is 0 Å². The van der Waals surface area contributed by atoms with Gasteiger partial charge in [-0.2, -0.15) is 0 Å². The number of anilines is 1. The van der Waals surface area contributed by atoms with E-state index < -0.39 is 0 Å². The Morgan fingerprint density at radius 1 is 1.50 bits per heavy atom. The molecule has 14 heavy (non-hydrogen) atoms. The summed E-state index contributed by atoms with van der Waals surface area (Å²) in [6.07, 6.45) is 0. The molecule has 0 amide bonds. The first-order valence-corrected chi connectivity index (χ1v) is 5.64. The van der Waals surface area contributed by atoms with Crippen LogP contribution < -0.4 is 5.73 Å². The average Bonchev–Trinajstić information content (AvgIpc) is 2.56.